The van der Waals surface area contributed by atoms with Crippen molar-refractivity contribution in [2.24, 2.45) is 5.92 Å². The Morgan fingerprint density at radius 3 is 2.76 bits per heavy atom. The molecule has 0 saturated heterocycles. The summed E-state index contributed by atoms with van der Waals surface area (Å²) < 4.78 is 1.90. The summed E-state index contributed by atoms with van der Waals surface area (Å²) in [5, 5.41) is 16.5. The quantitative estimate of drug-likeness (QED) is 0.805. The molecule has 0 amide bonds. The van der Waals surface area contributed by atoms with Gasteiger partial charge < -0.3 is 10.4 Å². The van der Waals surface area contributed by atoms with Crippen LogP contribution in [0, 0.1) is 5.92 Å². The second-order valence-electron chi connectivity index (χ2n) is 4.61. The fraction of sp³-hybridized carbons (Fsp3) is 0.667. The summed E-state index contributed by atoms with van der Waals surface area (Å²) in [5.74, 6) is -0.765. The van der Waals surface area contributed by atoms with Gasteiger partial charge in [0, 0.05) is 25.0 Å². The molecular weight excluding hydrogens is 218 g/mol. The highest BCUT2D eigenvalue weighted by Gasteiger charge is 2.25. The molecule has 0 bridgehead atoms. The van der Waals surface area contributed by atoms with Crippen molar-refractivity contribution in [2.45, 2.75) is 38.3 Å². The third-order valence-electron chi connectivity index (χ3n) is 3.41. The Kier molecular flexibility index (Phi) is 4.14. The Morgan fingerprint density at radius 1 is 1.41 bits per heavy atom. The van der Waals surface area contributed by atoms with Crippen LogP contribution in [0.25, 0.3) is 0 Å². The van der Waals surface area contributed by atoms with Crippen LogP contribution in [-0.4, -0.2) is 33.4 Å². The molecule has 1 aromatic heterocycles. The molecular formula is C12H19N3O2. The van der Waals surface area contributed by atoms with Crippen molar-refractivity contribution in [1.29, 1.82) is 0 Å². The minimum atomic E-state index is -0.639. The normalized spacial score (nSPS) is 24.7. The lowest BCUT2D eigenvalue weighted by atomic mass is 9.86. The standard InChI is InChI=1S/C12H19N3O2/c16-12(17)10-2-4-11(5-3-10)13-7-9-15-8-1-6-14-15/h1,6,8,10-11,13H,2-5,7,9H2,(H,16,17). The number of hydrogen-bond donors (Lipinski definition) is 2. The number of rotatable bonds is 5. The van der Waals surface area contributed by atoms with Crippen LogP contribution in [0.3, 0.4) is 0 Å². The molecule has 1 aromatic rings. The summed E-state index contributed by atoms with van der Waals surface area (Å²) in [6.07, 6.45) is 7.26. The molecule has 0 spiro atoms. The minimum absolute atomic E-state index is 0.126. The highest BCUT2D eigenvalue weighted by atomic mass is 16.4. The van der Waals surface area contributed by atoms with E-state index in [0.717, 1.165) is 38.8 Å². The van der Waals surface area contributed by atoms with Crippen LogP contribution >= 0.6 is 0 Å². The molecule has 1 saturated carbocycles. The van der Waals surface area contributed by atoms with Crippen LogP contribution in [0.5, 0.6) is 0 Å². The van der Waals surface area contributed by atoms with Crippen LogP contribution < -0.4 is 5.32 Å². The molecule has 0 atom stereocenters. The zero-order valence-corrected chi connectivity index (χ0v) is 9.88. The average Bonchev–Trinajstić information content (AvgIpc) is 2.83. The maximum Gasteiger partial charge on any atom is 0.306 e. The van der Waals surface area contributed by atoms with Crippen molar-refractivity contribution < 1.29 is 9.90 Å². The number of aliphatic carboxylic acids is 1. The summed E-state index contributed by atoms with van der Waals surface area (Å²) >= 11 is 0. The van der Waals surface area contributed by atoms with Gasteiger partial charge in [0.05, 0.1) is 12.5 Å². The summed E-state index contributed by atoms with van der Waals surface area (Å²) in [7, 11) is 0. The van der Waals surface area contributed by atoms with Crippen molar-refractivity contribution in [3.63, 3.8) is 0 Å². The highest BCUT2D eigenvalue weighted by Crippen LogP contribution is 2.24. The maximum atomic E-state index is 10.8. The Balaban J connectivity index is 1.63. The van der Waals surface area contributed by atoms with Crippen LogP contribution in [0.1, 0.15) is 25.7 Å². The number of carbonyl (C=O) groups is 1. The number of carboxylic acid groups (broad SMARTS) is 1. The molecule has 0 aromatic carbocycles. The monoisotopic (exact) mass is 237 g/mol. The van der Waals surface area contributed by atoms with Crippen LogP contribution in [0.15, 0.2) is 18.5 Å². The largest absolute Gasteiger partial charge is 0.481 e. The minimum Gasteiger partial charge on any atom is -0.481 e. The topological polar surface area (TPSA) is 67.2 Å². The second kappa shape index (κ2) is 5.82. The van der Waals surface area contributed by atoms with Crippen molar-refractivity contribution in [1.82, 2.24) is 15.1 Å². The molecule has 0 unspecified atom stereocenters. The molecule has 5 nitrogen and oxygen atoms in total. The van der Waals surface area contributed by atoms with Gasteiger partial charge in [-0.1, -0.05) is 0 Å². The highest BCUT2D eigenvalue weighted by molar-refractivity contribution is 5.70. The van der Waals surface area contributed by atoms with Gasteiger partial charge in [0.15, 0.2) is 0 Å². The van der Waals surface area contributed by atoms with Crippen LogP contribution in [0.4, 0.5) is 0 Å². The number of nitrogens with one attached hydrogen (secondary N) is 1. The molecule has 17 heavy (non-hydrogen) atoms. The van der Waals surface area contributed by atoms with Crippen LogP contribution in [0.2, 0.25) is 0 Å². The zero-order chi connectivity index (χ0) is 12.1. The lowest BCUT2D eigenvalue weighted by molar-refractivity contribution is -0.142. The zero-order valence-electron chi connectivity index (χ0n) is 9.88. The van der Waals surface area contributed by atoms with Gasteiger partial charge in [-0.25, -0.2) is 0 Å². The van der Waals surface area contributed by atoms with E-state index in [1.165, 1.54) is 0 Å². The van der Waals surface area contributed by atoms with Gasteiger partial charge in [0.25, 0.3) is 0 Å². The molecule has 1 fully saturated rings. The molecule has 2 N–H and O–H groups in total. The Hall–Kier alpha value is -1.36. The number of nitrogens with zero attached hydrogens (tertiary/aromatic N) is 2. The van der Waals surface area contributed by atoms with E-state index in [4.69, 9.17) is 5.11 Å². The third kappa shape index (κ3) is 3.56. The predicted molar refractivity (Wildman–Crippen MR) is 63.6 cm³/mol. The molecule has 1 heterocycles. The van der Waals surface area contributed by atoms with E-state index >= 15 is 0 Å². The van der Waals surface area contributed by atoms with Gasteiger partial charge in [-0.2, -0.15) is 5.10 Å². The molecule has 0 aliphatic heterocycles. The lowest BCUT2D eigenvalue weighted by Gasteiger charge is -2.26. The van der Waals surface area contributed by atoms with Gasteiger partial charge >= 0.3 is 5.97 Å². The average molecular weight is 237 g/mol. The van der Waals surface area contributed by atoms with Crippen molar-refractivity contribution in [3.05, 3.63) is 18.5 Å². The van der Waals surface area contributed by atoms with E-state index in [-0.39, 0.29) is 5.92 Å². The summed E-state index contributed by atoms with van der Waals surface area (Å²) in [4.78, 5) is 10.8. The van der Waals surface area contributed by atoms with Crippen molar-refractivity contribution in [3.8, 4) is 0 Å². The summed E-state index contributed by atoms with van der Waals surface area (Å²) in [5.41, 5.74) is 0. The smallest absolute Gasteiger partial charge is 0.306 e. The first-order valence-corrected chi connectivity index (χ1v) is 6.19. The van der Waals surface area contributed by atoms with Crippen molar-refractivity contribution >= 4 is 5.97 Å². The predicted octanol–water partition coefficient (Wildman–Crippen LogP) is 1.12. The third-order valence-corrected chi connectivity index (χ3v) is 3.41. The second-order valence-corrected chi connectivity index (χ2v) is 4.61. The molecule has 1 aliphatic rings. The molecule has 94 valence electrons. The van der Waals surface area contributed by atoms with E-state index in [9.17, 15) is 4.79 Å². The molecule has 0 radical (unpaired) electrons. The van der Waals surface area contributed by atoms with E-state index < -0.39 is 5.97 Å². The fourth-order valence-electron chi connectivity index (χ4n) is 2.36. The molecule has 1 aliphatic carbocycles. The van der Waals surface area contributed by atoms with Crippen molar-refractivity contribution in [2.75, 3.05) is 6.54 Å². The SMILES string of the molecule is O=C(O)C1CCC(NCCn2cccn2)CC1. The Bertz CT molecular complexity index is 343. The van der Waals surface area contributed by atoms with Crippen LogP contribution in [-0.2, 0) is 11.3 Å². The number of hydrogen-bond acceptors (Lipinski definition) is 3. The van der Waals surface area contributed by atoms with Gasteiger partial charge in [-0.05, 0) is 31.7 Å². The van der Waals surface area contributed by atoms with E-state index in [1.54, 1.807) is 6.20 Å². The van der Waals surface area contributed by atoms with Gasteiger partial charge in [-0.15, -0.1) is 0 Å². The van der Waals surface area contributed by atoms with E-state index in [0.29, 0.717) is 6.04 Å². The van der Waals surface area contributed by atoms with Gasteiger partial charge in [0.1, 0.15) is 0 Å². The van der Waals surface area contributed by atoms with Gasteiger partial charge in [0.2, 0.25) is 0 Å². The molecule has 5 heteroatoms. The fourth-order valence-corrected chi connectivity index (χ4v) is 2.36. The number of carboxylic acids is 1. The summed E-state index contributed by atoms with van der Waals surface area (Å²) in [6, 6.07) is 2.39. The molecule has 2 rings (SSSR count). The first-order chi connectivity index (χ1) is 8.25. The van der Waals surface area contributed by atoms with E-state index in [2.05, 4.69) is 10.4 Å². The first kappa shape index (κ1) is 12.1. The Morgan fingerprint density at radius 2 is 2.18 bits per heavy atom. The number of aromatic nitrogens is 2. The van der Waals surface area contributed by atoms with E-state index in [1.807, 2.05) is 16.9 Å². The lowest BCUT2D eigenvalue weighted by Crippen LogP contribution is -2.36. The first-order valence-electron chi connectivity index (χ1n) is 6.19. The van der Waals surface area contributed by atoms with Gasteiger partial charge in [-0.3, -0.25) is 9.48 Å². The Labute approximate surface area is 101 Å². The summed E-state index contributed by atoms with van der Waals surface area (Å²) in [6.45, 7) is 1.76. The maximum absolute atomic E-state index is 10.8.